The standard InChI is InChI=1S/C20H19F3N2O4/c1-28-11-12-29-19(27)25-17-4-2-3-16(13-17)24-18(26)10-7-14-5-8-15(9-6-14)20(21,22)23/h2-10,13H,11-12H2,1H3,(H,24,26)(H,25,27). The number of rotatable bonds is 7. The van der Waals surface area contributed by atoms with E-state index < -0.39 is 23.7 Å². The molecule has 9 heteroatoms. The van der Waals surface area contributed by atoms with Gasteiger partial charge in [0.2, 0.25) is 5.91 Å². The molecule has 0 aliphatic carbocycles. The van der Waals surface area contributed by atoms with Crippen molar-refractivity contribution in [2.75, 3.05) is 31.0 Å². The quantitative estimate of drug-likeness (QED) is 0.521. The predicted molar refractivity (Wildman–Crippen MR) is 102 cm³/mol. The van der Waals surface area contributed by atoms with E-state index in [-0.39, 0.29) is 13.2 Å². The monoisotopic (exact) mass is 408 g/mol. The maximum atomic E-state index is 12.5. The third-order valence-electron chi connectivity index (χ3n) is 3.56. The molecule has 0 fully saturated rings. The molecule has 2 aromatic carbocycles. The van der Waals surface area contributed by atoms with Crippen molar-refractivity contribution < 1.29 is 32.2 Å². The fourth-order valence-electron chi connectivity index (χ4n) is 2.19. The van der Waals surface area contributed by atoms with E-state index in [2.05, 4.69) is 10.6 Å². The highest BCUT2D eigenvalue weighted by molar-refractivity contribution is 6.02. The van der Waals surface area contributed by atoms with Gasteiger partial charge in [-0.15, -0.1) is 0 Å². The number of ether oxygens (including phenoxy) is 2. The van der Waals surface area contributed by atoms with Crippen molar-refractivity contribution >= 4 is 29.5 Å². The van der Waals surface area contributed by atoms with Crippen LogP contribution in [0.4, 0.5) is 29.3 Å². The van der Waals surface area contributed by atoms with Crippen LogP contribution in [0.5, 0.6) is 0 Å². The lowest BCUT2D eigenvalue weighted by atomic mass is 10.1. The Bertz CT molecular complexity index is 865. The average molecular weight is 408 g/mol. The van der Waals surface area contributed by atoms with Crippen LogP contribution in [0.25, 0.3) is 6.08 Å². The van der Waals surface area contributed by atoms with Crippen LogP contribution in [0, 0.1) is 0 Å². The van der Waals surface area contributed by atoms with Crippen LogP contribution >= 0.6 is 0 Å². The Morgan fingerprint density at radius 3 is 2.28 bits per heavy atom. The van der Waals surface area contributed by atoms with E-state index in [0.29, 0.717) is 16.9 Å². The molecule has 0 unspecified atom stereocenters. The molecule has 2 rings (SSSR count). The van der Waals surface area contributed by atoms with E-state index in [0.717, 1.165) is 12.1 Å². The van der Waals surface area contributed by atoms with Crippen LogP contribution in [-0.4, -0.2) is 32.3 Å². The second kappa shape index (κ2) is 10.3. The van der Waals surface area contributed by atoms with E-state index in [1.807, 2.05) is 0 Å². The highest BCUT2D eigenvalue weighted by Gasteiger charge is 2.29. The molecule has 6 nitrogen and oxygen atoms in total. The maximum absolute atomic E-state index is 12.5. The first-order valence-electron chi connectivity index (χ1n) is 8.47. The molecule has 154 valence electrons. The summed E-state index contributed by atoms with van der Waals surface area (Å²) in [6.07, 6.45) is -2.48. The Kier molecular flexibility index (Phi) is 7.79. The first-order chi connectivity index (χ1) is 13.8. The van der Waals surface area contributed by atoms with Gasteiger partial charge in [0.05, 0.1) is 12.2 Å². The molecule has 0 radical (unpaired) electrons. The first kappa shape index (κ1) is 22.0. The van der Waals surface area contributed by atoms with Gasteiger partial charge in [-0.2, -0.15) is 13.2 Å². The minimum atomic E-state index is -4.41. The molecule has 0 spiro atoms. The highest BCUT2D eigenvalue weighted by atomic mass is 19.4. The van der Waals surface area contributed by atoms with Gasteiger partial charge < -0.3 is 14.8 Å². The molecule has 0 aromatic heterocycles. The molecular weight excluding hydrogens is 389 g/mol. The SMILES string of the molecule is COCCOC(=O)Nc1cccc(NC(=O)C=Cc2ccc(C(F)(F)F)cc2)c1. The molecule has 0 heterocycles. The Labute approximate surface area is 165 Å². The summed E-state index contributed by atoms with van der Waals surface area (Å²) in [4.78, 5) is 23.6. The van der Waals surface area contributed by atoms with E-state index in [1.54, 1.807) is 18.2 Å². The molecule has 2 amide bonds. The van der Waals surface area contributed by atoms with Gasteiger partial charge in [0, 0.05) is 24.6 Å². The topological polar surface area (TPSA) is 76.7 Å². The summed E-state index contributed by atoms with van der Waals surface area (Å²) in [6, 6.07) is 10.8. The van der Waals surface area contributed by atoms with Gasteiger partial charge in [0.25, 0.3) is 0 Å². The number of anilines is 2. The summed E-state index contributed by atoms with van der Waals surface area (Å²) < 4.78 is 47.3. The zero-order valence-corrected chi connectivity index (χ0v) is 15.5. The summed E-state index contributed by atoms with van der Waals surface area (Å²) in [7, 11) is 1.49. The second-order valence-corrected chi connectivity index (χ2v) is 5.78. The lowest BCUT2D eigenvalue weighted by Gasteiger charge is -2.08. The number of alkyl halides is 3. The Balaban J connectivity index is 1.91. The molecule has 29 heavy (non-hydrogen) atoms. The smallest absolute Gasteiger partial charge is 0.416 e. The lowest BCUT2D eigenvalue weighted by molar-refractivity contribution is -0.137. The second-order valence-electron chi connectivity index (χ2n) is 5.78. The van der Waals surface area contributed by atoms with Gasteiger partial charge in [-0.1, -0.05) is 18.2 Å². The number of methoxy groups -OCH3 is 1. The van der Waals surface area contributed by atoms with Crippen molar-refractivity contribution in [2.45, 2.75) is 6.18 Å². The van der Waals surface area contributed by atoms with Crippen LogP contribution in [0.2, 0.25) is 0 Å². The Morgan fingerprint density at radius 1 is 1.00 bits per heavy atom. The van der Waals surface area contributed by atoms with E-state index in [9.17, 15) is 22.8 Å². The number of halogens is 3. The first-order valence-corrected chi connectivity index (χ1v) is 8.47. The van der Waals surface area contributed by atoms with Crippen LogP contribution in [0.3, 0.4) is 0 Å². The summed E-state index contributed by atoms with van der Waals surface area (Å²) in [5.41, 5.74) is 0.519. The van der Waals surface area contributed by atoms with Gasteiger partial charge in [-0.05, 0) is 42.0 Å². The van der Waals surface area contributed by atoms with Crippen molar-refractivity contribution in [3.8, 4) is 0 Å². The van der Waals surface area contributed by atoms with Crippen molar-refractivity contribution in [3.63, 3.8) is 0 Å². The molecule has 0 saturated carbocycles. The summed E-state index contributed by atoms with van der Waals surface area (Å²) >= 11 is 0. The minimum absolute atomic E-state index is 0.105. The van der Waals surface area contributed by atoms with Gasteiger partial charge in [-0.25, -0.2) is 4.79 Å². The highest BCUT2D eigenvalue weighted by Crippen LogP contribution is 2.29. The third-order valence-corrected chi connectivity index (χ3v) is 3.56. The van der Waals surface area contributed by atoms with Crippen LogP contribution in [-0.2, 0) is 20.4 Å². The Hall–Kier alpha value is -3.33. The number of hydrogen-bond donors (Lipinski definition) is 2. The molecule has 0 atom stereocenters. The number of nitrogens with one attached hydrogen (secondary N) is 2. The van der Waals surface area contributed by atoms with E-state index >= 15 is 0 Å². The van der Waals surface area contributed by atoms with E-state index in [4.69, 9.17) is 9.47 Å². The normalized spacial score (nSPS) is 11.3. The van der Waals surface area contributed by atoms with Crippen molar-refractivity contribution in [2.24, 2.45) is 0 Å². The van der Waals surface area contributed by atoms with Gasteiger partial charge in [0.1, 0.15) is 6.61 Å². The number of benzene rings is 2. The zero-order valence-electron chi connectivity index (χ0n) is 15.5. The molecule has 0 bridgehead atoms. The maximum Gasteiger partial charge on any atom is 0.416 e. The van der Waals surface area contributed by atoms with Crippen LogP contribution in [0.15, 0.2) is 54.6 Å². The summed E-state index contributed by atoms with van der Waals surface area (Å²) in [5, 5.41) is 5.11. The predicted octanol–water partition coefficient (Wildman–Crippen LogP) is 4.55. The van der Waals surface area contributed by atoms with Gasteiger partial charge in [-0.3, -0.25) is 10.1 Å². The number of amides is 2. The fourth-order valence-corrected chi connectivity index (χ4v) is 2.19. The van der Waals surface area contributed by atoms with Crippen molar-refractivity contribution in [3.05, 3.63) is 65.7 Å². The summed E-state index contributed by atoms with van der Waals surface area (Å²) in [5.74, 6) is -0.482. The fraction of sp³-hybridized carbons (Fsp3) is 0.200. The molecule has 0 saturated heterocycles. The minimum Gasteiger partial charge on any atom is -0.447 e. The van der Waals surface area contributed by atoms with Crippen LogP contribution < -0.4 is 10.6 Å². The molecular formula is C20H19F3N2O4. The van der Waals surface area contributed by atoms with Gasteiger partial charge in [0.15, 0.2) is 0 Å². The van der Waals surface area contributed by atoms with E-state index in [1.165, 1.54) is 37.5 Å². The lowest BCUT2D eigenvalue weighted by Crippen LogP contribution is -2.16. The number of carbonyl (C=O) groups is 2. The molecule has 0 aliphatic heterocycles. The largest absolute Gasteiger partial charge is 0.447 e. The number of carbonyl (C=O) groups excluding carboxylic acids is 2. The van der Waals surface area contributed by atoms with Crippen molar-refractivity contribution in [1.82, 2.24) is 0 Å². The third kappa shape index (κ3) is 7.67. The Morgan fingerprint density at radius 2 is 1.66 bits per heavy atom. The van der Waals surface area contributed by atoms with Gasteiger partial charge >= 0.3 is 12.3 Å². The zero-order chi connectivity index (χ0) is 21.3. The van der Waals surface area contributed by atoms with Crippen LogP contribution in [0.1, 0.15) is 11.1 Å². The van der Waals surface area contributed by atoms with Crippen molar-refractivity contribution in [1.29, 1.82) is 0 Å². The molecule has 2 aromatic rings. The molecule has 2 N–H and O–H groups in total. The molecule has 0 aliphatic rings. The number of hydrogen-bond acceptors (Lipinski definition) is 4. The summed E-state index contributed by atoms with van der Waals surface area (Å²) in [6.45, 7) is 0.377. The average Bonchev–Trinajstić information content (AvgIpc) is 2.66.